The minimum absolute atomic E-state index is 0.0563. The van der Waals surface area contributed by atoms with Gasteiger partial charge >= 0.3 is 0 Å². The van der Waals surface area contributed by atoms with E-state index in [4.69, 9.17) is 16.3 Å². The Kier molecular flexibility index (Phi) is 5.42. The van der Waals surface area contributed by atoms with Gasteiger partial charge in [0, 0.05) is 23.6 Å². The van der Waals surface area contributed by atoms with Gasteiger partial charge in [0.2, 0.25) is 0 Å². The SMILES string of the molecule is COc1cc(CNC(=O)c2cc(-n3c(C)ccc3C)ccc2Cl)ccc1O. The molecule has 0 unspecified atom stereocenters. The van der Waals surface area contributed by atoms with Gasteiger partial charge in [-0.15, -0.1) is 0 Å². The Morgan fingerprint density at radius 3 is 2.48 bits per heavy atom. The van der Waals surface area contributed by atoms with Gasteiger partial charge in [0.1, 0.15) is 0 Å². The summed E-state index contributed by atoms with van der Waals surface area (Å²) in [6, 6.07) is 14.4. The van der Waals surface area contributed by atoms with Crippen molar-refractivity contribution >= 4 is 17.5 Å². The van der Waals surface area contributed by atoms with Crippen LogP contribution in [0, 0.1) is 13.8 Å². The van der Waals surface area contributed by atoms with Gasteiger partial charge in [-0.25, -0.2) is 0 Å². The quantitative estimate of drug-likeness (QED) is 0.685. The molecule has 0 saturated carbocycles. The first kappa shape index (κ1) is 18.9. The number of halogens is 1. The standard InChI is InChI=1S/C21H21ClN2O3/c1-13-4-5-14(2)24(13)16-7-8-18(22)17(11-16)21(26)23-12-15-6-9-19(25)20(10-15)27-3/h4-11,25H,12H2,1-3H3,(H,23,26). The highest BCUT2D eigenvalue weighted by Crippen LogP contribution is 2.26. The van der Waals surface area contributed by atoms with Gasteiger partial charge in [-0.05, 0) is 61.9 Å². The van der Waals surface area contributed by atoms with Crippen molar-refractivity contribution in [1.82, 2.24) is 9.88 Å². The Balaban J connectivity index is 1.82. The molecule has 0 aliphatic carbocycles. The fourth-order valence-corrected chi connectivity index (χ4v) is 3.21. The van der Waals surface area contributed by atoms with Crippen molar-refractivity contribution in [1.29, 1.82) is 0 Å². The summed E-state index contributed by atoms with van der Waals surface area (Å²) in [4.78, 5) is 12.7. The van der Waals surface area contributed by atoms with Crippen LogP contribution in [0.3, 0.4) is 0 Å². The molecule has 3 aromatic rings. The van der Waals surface area contributed by atoms with Gasteiger partial charge in [0.05, 0.1) is 17.7 Å². The minimum Gasteiger partial charge on any atom is -0.504 e. The molecule has 0 fully saturated rings. The molecule has 6 heteroatoms. The number of nitrogens with one attached hydrogen (secondary N) is 1. The lowest BCUT2D eigenvalue weighted by Gasteiger charge is -2.13. The number of amides is 1. The number of ether oxygens (including phenoxy) is 1. The summed E-state index contributed by atoms with van der Waals surface area (Å²) in [5.74, 6) is 0.150. The van der Waals surface area contributed by atoms with E-state index in [0.29, 0.717) is 16.3 Å². The molecule has 0 spiro atoms. The molecule has 0 saturated heterocycles. The number of carbonyl (C=O) groups is 1. The molecule has 1 aromatic heterocycles. The molecule has 27 heavy (non-hydrogen) atoms. The first-order valence-electron chi connectivity index (χ1n) is 8.49. The molecular weight excluding hydrogens is 364 g/mol. The summed E-state index contributed by atoms with van der Waals surface area (Å²) in [6.45, 7) is 4.32. The molecule has 3 rings (SSSR count). The van der Waals surface area contributed by atoms with Gasteiger partial charge in [-0.2, -0.15) is 0 Å². The van der Waals surface area contributed by atoms with Crippen molar-refractivity contribution in [3.05, 3.63) is 76.1 Å². The van der Waals surface area contributed by atoms with E-state index in [1.165, 1.54) is 13.2 Å². The van der Waals surface area contributed by atoms with E-state index in [1.54, 1.807) is 24.3 Å². The Labute approximate surface area is 163 Å². The largest absolute Gasteiger partial charge is 0.504 e. The van der Waals surface area contributed by atoms with Gasteiger partial charge in [0.15, 0.2) is 11.5 Å². The third kappa shape index (κ3) is 3.93. The topological polar surface area (TPSA) is 63.5 Å². The van der Waals surface area contributed by atoms with E-state index < -0.39 is 0 Å². The maximum atomic E-state index is 12.7. The number of hydrogen-bond acceptors (Lipinski definition) is 3. The maximum absolute atomic E-state index is 12.7. The molecule has 0 bridgehead atoms. The summed E-state index contributed by atoms with van der Waals surface area (Å²) in [5.41, 5.74) is 4.26. The normalized spacial score (nSPS) is 10.7. The zero-order valence-corrected chi connectivity index (χ0v) is 16.2. The van der Waals surface area contributed by atoms with Crippen molar-refractivity contribution in [3.8, 4) is 17.2 Å². The number of benzene rings is 2. The Morgan fingerprint density at radius 2 is 1.81 bits per heavy atom. The van der Waals surface area contributed by atoms with Crippen LogP contribution in [0.5, 0.6) is 11.5 Å². The second-order valence-electron chi connectivity index (χ2n) is 6.30. The molecule has 5 nitrogen and oxygen atoms in total. The van der Waals surface area contributed by atoms with E-state index in [2.05, 4.69) is 9.88 Å². The molecule has 1 heterocycles. The highest BCUT2D eigenvalue weighted by molar-refractivity contribution is 6.33. The summed E-state index contributed by atoms with van der Waals surface area (Å²) in [6.07, 6.45) is 0. The number of aromatic hydroxyl groups is 1. The average Bonchev–Trinajstić information content (AvgIpc) is 2.99. The average molecular weight is 385 g/mol. The molecule has 1 amide bonds. The lowest BCUT2D eigenvalue weighted by molar-refractivity contribution is 0.0951. The predicted molar refractivity (Wildman–Crippen MR) is 106 cm³/mol. The molecule has 0 radical (unpaired) electrons. The van der Waals surface area contributed by atoms with Crippen LogP contribution in [0.2, 0.25) is 5.02 Å². The number of aryl methyl sites for hydroxylation is 2. The number of rotatable bonds is 5. The summed E-state index contributed by atoms with van der Waals surface area (Å²) in [5, 5.41) is 12.9. The third-order valence-corrected chi connectivity index (χ3v) is 4.75. The number of hydrogen-bond donors (Lipinski definition) is 2. The van der Waals surface area contributed by atoms with Crippen molar-refractivity contribution in [3.63, 3.8) is 0 Å². The van der Waals surface area contributed by atoms with Gasteiger partial charge in [0.25, 0.3) is 5.91 Å². The number of nitrogens with zero attached hydrogens (tertiary/aromatic N) is 1. The van der Waals surface area contributed by atoms with Crippen LogP contribution in [-0.2, 0) is 6.54 Å². The second-order valence-corrected chi connectivity index (χ2v) is 6.71. The van der Waals surface area contributed by atoms with Crippen LogP contribution < -0.4 is 10.1 Å². The zero-order chi connectivity index (χ0) is 19.6. The molecule has 0 aliphatic rings. The molecular formula is C21H21ClN2O3. The lowest BCUT2D eigenvalue weighted by atomic mass is 10.1. The van der Waals surface area contributed by atoms with Crippen LogP contribution in [-0.4, -0.2) is 22.7 Å². The number of phenols is 1. The lowest BCUT2D eigenvalue weighted by Crippen LogP contribution is -2.23. The van der Waals surface area contributed by atoms with E-state index in [1.807, 2.05) is 32.0 Å². The van der Waals surface area contributed by atoms with E-state index in [-0.39, 0.29) is 18.2 Å². The summed E-state index contributed by atoms with van der Waals surface area (Å²) in [7, 11) is 1.48. The molecule has 2 aromatic carbocycles. The second kappa shape index (κ2) is 7.76. The Hall–Kier alpha value is -2.92. The third-order valence-electron chi connectivity index (χ3n) is 4.42. The Morgan fingerprint density at radius 1 is 1.11 bits per heavy atom. The number of carbonyl (C=O) groups excluding carboxylic acids is 1. The van der Waals surface area contributed by atoms with Crippen LogP contribution in [0.4, 0.5) is 0 Å². The molecule has 140 valence electrons. The number of methoxy groups -OCH3 is 1. The minimum atomic E-state index is -0.267. The highest BCUT2D eigenvalue weighted by Gasteiger charge is 2.14. The highest BCUT2D eigenvalue weighted by atomic mass is 35.5. The van der Waals surface area contributed by atoms with Crippen LogP contribution >= 0.6 is 11.6 Å². The van der Waals surface area contributed by atoms with Crippen molar-refractivity contribution < 1.29 is 14.6 Å². The van der Waals surface area contributed by atoms with Crippen LogP contribution in [0.15, 0.2) is 48.5 Å². The Bertz CT molecular complexity index is 976. The fourth-order valence-electron chi connectivity index (χ4n) is 3.01. The van der Waals surface area contributed by atoms with Crippen molar-refractivity contribution in [2.24, 2.45) is 0 Å². The molecule has 0 aliphatic heterocycles. The molecule has 2 N–H and O–H groups in total. The summed E-state index contributed by atoms with van der Waals surface area (Å²) >= 11 is 6.26. The summed E-state index contributed by atoms with van der Waals surface area (Å²) < 4.78 is 7.16. The predicted octanol–water partition coefficient (Wildman–Crippen LogP) is 4.39. The van der Waals surface area contributed by atoms with Gasteiger partial charge in [-0.1, -0.05) is 17.7 Å². The first-order valence-corrected chi connectivity index (χ1v) is 8.87. The maximum Gasteiger partial charge on any atom is 0.253 e. The van der Waals surface area contributed by atoms with E-state index in [9.17, 15) is 9.90 Å². The van der Waals surface area contributed by atoms with Crippen LogP contribution in [0.1, 0.15) is 27.3 Å². The number of aromatic nitrogens is 1. The monoisotopic (exact) mass is 384 g/mol. The fraction of sp³-hybridized carbons (Fsp3) is 0.190. The van der Waals surface area contributed by atoms with E-state index in [0.717, 1.165) is 22.6 Å². The first-order chi connectivity index (χ1) is 12.9. The van der Waals surface area contributed by atoms with Gasteiger partial charge in [-0.3, -0.25) is 4.79 Å². The van der Waals surface area contributed by atoms with Crippen molar-refractivity contribution in [2.45, 2.75) is 20.4 Å². The molecule has 0 atom stereocenters. The number of phenolic OH excluding ortho intramolecular Hbond substituents is 1. The van der Waals surface area contributed by atoms with Crippen molar-refractivity contribution in [2.75, 3.05) is 7.11 Å². The van der Waals surface area contributed by atoms with E-state index >= 15 is 0 Å². The smallest absolute Gasteiger partial charge is 0.253 e. The van der Waals surface area contributed by atoms with Gasteiger partial charge < -0.3 is 19.7 Å². The zero-order valence-electron chi connectivity index (χ0n) is 15.4. The van der Waals surface area contributed by atoms with Crippen LogP contribution in [0.25, 0.3) is 5.69 Å².